The van der Waals surface area contributed by atoms with Crippen LogP contribution >= 0.6 is 0 Å². The molecule has 0 aromatic rings. The van der Waals surface area contributed by atoms with Crippen LogP contribution in [0.2, 0.25) is 0 Å². The lowest BCUT2D eigenvalue weighted by molar-refractivity contribution is -0.165. The van der Waals surface area contributed by atoms with Gasteiger partial charge in [-0.15, -0.1) is 0 Å². The fourth-order valence-corrected chi connectivity index (χ4v) is 5.04. The number of rotatable bonds is 14. The number of allylic oxidation sites excluding steroid dienone is 7. The third-order valence-corrected chi connectivity index (χ3v) is 8.09. The molecule has 216 valence electrons. The summed E-state index contributed by atoms with van der Waals surface area (Å²) in [5.74, 6) is -0.482. The Hall–Kier alpha value is -1.95. The molecular formula is C33H54O5. The first kappa shape index (κ1) is 34.1. The summed E-state index contributed by atoms with van der Waals surface area (Å²) in [6.45, 7) is 17.8. The zero-order valence-corrected chi connectivity index (χ0v) is 25.3. The molecule has 3 N–H and O–H groups in total. The summed E-state index contributed by atoms with van der Waals surface area (Å²) in [6.07, 6.45) is 12.8. The summed E-state index contributed by atoms with van der Waals surface area (Å²) in [6, 6.07) is 0. The van der Waals surface area contributed by atoms with E-state index < -0.39 is 18.3 Å². The van der Waals surface area contributed by atoms with Crippen LogP contribution in [0.15, 0.2) is 58.2 Å². The predicted molar refractivity (Wildman–Crippen MR) is 158 cm³/mol. The number of carbonyl (C=O) groups is 1. The van der Waals surface area contributed by atoms with Crippen LogP contribution in [0.3, 0.4) is 0 Å². The van der Waals surface area contributed by atoms with Crippen molar-refractivity contribution in [3.8, 4) is 0 Å². The molecule has 7 atom stereocenters. The first-order chi connectivity index (χ1) is 17.8. The minimum absolute atomic E-state index is 0.000943. The second-order valence-electron chi connectivity index (χ2n) is 11.5. The highest BCUT2D eigenvalue weighted by Gasteiger charge is 2.35. The first-order valence-electron chi connectivity index (χ1n) is 14.4. The highest BCUT2D eigenvalue weighted by molar-refractivity contribution is 5.73. The normalized spacial score (nSPS) is 24.5. The molecule has 38 heavy (non-hydrogen) atoms. The van der Waals surface area contributed by atoms with Gasteiger partial charge in [0.25, 0.3) is 0 Å². The van der Waals surface area contributed by atoms with Gasteiger partial charge in [0, 0.05) is 11.8 Å². The topological polar surface area (TPSA) is 87.0 Å². The molecule has 0 aliphatic carbocycles. The van der Waals surface area contributed by atoms with Gasteiger partial charge in [0.05, 0.1) is 24.2 Å². The summed E-state index contributed by atoms with van der Waals surface area (Å²) >= 11 is 0. The van der Waals surface area contributed by atoms with Crippen molar-refractivity contribution in [3.63, 3.8) is 0 Å². The number of cyclic esters (lactones) is 1. The molecule has 0 spiro atoms. The van der Waals surface area contributed by atoms with Gasteiger partial charge >= 0.3 is 5.97 Å². The predicted octanol–water partition coefficient (Wildman–Crippen LogP) is 6.99. The summed E-state index contributed by atoms with van der Waals surface area (Å²) < 4.78 is 5.63. The van der Waals surface area contributed by atoms with Crippen LogP contribution in [0.4, 0.5) is 0 Å². The maximum atomic E-state index is 12.1. The van der Waals surface area contributed by atoms with E-state index in [4.69, 9.17) is 4.74 Å². The lowest BCUT2D eigenvalue weighted by atomic mass is 9.85. The van der Waals surface area contributed by atoms with Gasteiger partial charge in [0.2, 0.25) is 0 Å². The van der Waals surface area contributed by atoms with Crippen molar-refractivity contribution >= 4 is 5.97 Å². The second kappa shape index (κ2) is 16.9. The average molecular weight is 531 g/mol. The van der Waals surface area contributed by atoms with E-state index in [1.165, 1.54) is 11.1 Å². The number of hydrogen-bond donors (Lipinski definition) is 3. The van der Waals surface area contributed by atoms with Crippen LogP contribution in [0, 0.1) is 17.8 Å². The molecule has 0 aromatic carbocycles. The van der Waals surface area contributed by atoms with Gasteiger partial charge in [-0.2, -0.15) is 0 Å². The Labute approximate surface area is 232 Å². The van der Waals surface area contributed by atoms with E-state index in [9.17, 15) is 20.1 Å². The van der Waals surface area contributed by atoms with Crippen molar-refractivity contribution in [2.75, 3.05) is 0 Å². The van der Waals surface area contributed by atoms with E-state index in [-0.39, 0.29) is 29.8 Å². The average Bonchev–Trinajstić information content (AvgIpc) is 2.88. The Morgan fingerprint density at radius 2 is 1.61 bits per heavy atom. The van der Waals surface area contributed by atoms with E-state index in [2.05, 4.69) is 32.1 Å². The molecule has 5 nitrogen and oxygen atoms in total. The van der Waals surface area contributed by atoms with Gasteiger partial charge in [-0.3, -0.25) is 4.79 Å². The van der Waals surface area contributed by atoms with Crippen molar-refractivity contribution in [2.24, 2.45) is 17.8 Å². The lowest BCUT2D eigenvalue weighted by Gasteiger charge is -2.33. The quantitative estimate of drug-likeness (QED) is 0.128. The highest BCUT2D eigenvalue weighted by Crippen LogP contribution is 2.30. The molecule has 0 amide bonds. The van der Waals surface area contributed by atoms with Gasteiger partial charge in [-0.05, 0) is 91.2 Å². The molecule has 1 aliphatic heterocycles. The number of aliphatic hydroxyl groups is 3. The summed E-state index contributed by atoms with van der Waals surface area (Å²) in [5, 5.41) is 31.6. The van der Waals surface area contributed by atoms with Crippen LogP contribution < -0.4 is 0 Å². The largest absolute Gasteiger partial charge is 0.462 e. The van der Waals surface area contributed by atoms with Gasteiger partial charge < -0.3 is 20.1 Å². The van der Waals surface area contributed by atoms with Crippen LogP contribution in [-0.4, -0.2) is 45.7 Å². The van der Waals surface area contributed by atoms with Crippen molar-refractivity contribution in [3.05, 3.63) is 58.2 Å². The minimum atomic E-state index is -0.630. The smallest absolute Gasteiger partial charge is 0.309 e. The fraction of sp³-hybridized carbons (Fsp3) is 0.667. The second-order valence-corrected chi connectivity index (χ2v) is 11.5. The number of carbonyl (C=O) groups excluding carboxylic acids is 1. The standard InChI is InChI=1S/C33H54O5/c1-10-24(6)31(35)26(8)29(34)17-15-22(4)20-23(5)19-21(3)13-12-14-25(7)32(36)27(9)30-18-16-28(11-2)33(37)38-30/h10,13-15,20,26-32,34-36H,11-12,16-19H2,1-9H3/b21-13+,22-15+,23-20+,24-10+,25-14+/t26-,27+,28+,29-,30-,31-,32-/m1/s1. The molecule has 1 rings (SSSR count). The van der Waals surface area contributed by atoms with Crippen LogP contribution in [0.25, 0.3) is 0 Å². The molecule has 0 saturated carbocycles. The Balaban J connectivity index is 2.61. The number of esters is 1. The highest BCUT2D eigenvalue weighted by atomic mass is 16.5. The zero-order chi connectivity index (χ0) is 29.0. The van der Waals surface area contributed by atoms with Crippen molar-refractivity contribution in [1.82, 2.24) is 0 Å². The van der Waals surface area contributed by atoms with E-state index in [1.807, 2.05) is 60.6 Å². The zero-order valence-electron chi connectivity index (χ0n) is 25.3. The molecule has 1 fully saturated rings. The van der Waals surface area contributed by atoms with E-state index >= 15 is 0 Å². The van der Waals surface area contributed by atoms with Crippen LogP contribution in [-0.2, 0) is 9.53 Å². The summed E-state index contributed by atoms with van der Waals surface area (Å²) in [7, 11) is 0. The molecule has 1 saturated heterocycles. The molecule has 1 aliphatic rings. The lowest BCUT2D eigenvalue weighted by Crippen LogP contribution is -2.39. The summed E-state index contributed by atoms with van der Waals surface area (Å²) in [4.78, 5) is 12.1. The van der Waals surface area contributed by atoms with Gasteiger partial charge in [0.1, 0.15) is 6.10 Å². The fourth-order valence-electron chi connectivity index (χ4n) is 5.04. The molecule has 0 radical (unpaired) electrons. The van der Waals surface area contributed by atoms with Crippen molar-refractivity contribution < 1.29 is 24.9 Å². The van der Waals surface area contributed by atoms with Crippen molar-refractivity contribution in [2.45, 2.75) is 125 Å². The SMILES string of the molecule is C/C=C(\C)[C@@H](O)[C@H](C)[C@H](O)C/C=C(C)/C=C(\C)C/C(C)=C/C/C=C(\C)[C@@H](O)[C@@H](C)[C@H]1CC[C@H](CC)C(=O)O1. The van der Waals surface area contributed by atoms with E-state index in [1.54, 1.807) is 0 Å². The third-order valence-electron chi connectivity index (χ3n) is 8.09. The van der Waals surface area contributed by atoms with Gasteiger partial charge in [-0.1, -0.05) is 67.9 Å². The molecule has 0 unspecified atom stereocenters. The van der Waals surface area contributed by atoms with Gasteiger partial charge in [-0.25, -0.2) is 0 Å². The van der Waals surface area contributed by atoms with Crippen molar-refractivity contribution in [1.29, 1.82) is 0 Å². The minimum Gasteiger partial charge on any atom is -0.462 e. The number of aliphatic hydroxyl groups excluding tert-OH is 3. The summed E-state index contributed by atoms with van der Waals surface area (Å²) in [5.41, 5.74) is 5.37. The molecule has 0 bridgehead atoms. The maximum Gasteiger partial charge on any atom is 0.309 e. The number of hydrogen-bond acceptors (Lipinski definition) is 5. The number of ether oxygens (including phenoxy) is 1. The Kier molecular flexibility index (Phi) is 15.1. The monoisotopic (exact) mass is 530 g/mol. The van der Waals surface area contributed by atoms with Gasteiger partial charge in [0.15, 0.2) is 0 Å². The maximum absolute atomic E-state index is 12.1. The Bertz CT molecular complexity index is 906. The Morgan fingerprint density at radius 1 is 0.947 bits per heavy atom. The first-order valence-corrected chi connectivity index (χ1v) is 14.4. The molecule has 1 heterocycles. The molecule has 0 aromatic heterocycles. The van der Waals surface area contributed by atoms with Crippen LogP contribution in [0.1, 0.15) is 101 Å². The van der Waals surface area contributed by atoms with Crippen LogP contribution in [0.5, 0.6) is 0 Å². The third kappa shape index (κ3) is 11.0. The Morgan fingerprint density at radius 3 is 2.18 bits per heavy atom. The van der Waals surface area contributed by atoms with E-state index in [0.717, 1.165) is 48.8 Å². The molecular weight excluding hydrogens is 476 g/mol. The molecule has 5 heteroatoms. The van der Waals surface area contributed by atoms with E-state index in [0.29, 0.717) is 6.42 Å².